The number of amides is 1. The normalized spacial score (nSPS) is 20.0. The summed E-state index contributed by atoms with van der Waals surface area (Å²) in [5.41, 5.74) is 1.50. The highest BCUT2D eigenvalue weighted by molar-refractivity contribution is 7.91. The molecule has 2 heterocycles. The van der Waals surface area contributed by atoms with E-state index in [-0.39, 0.29) is 23.5 Å². The van der Waals surface area contributed by atoms with E-state index >= 15 is 0 Å². The first-order valence-electron chi connectivity index (χ1n) is 7.59. The summed E-state index contributed by atoms with van der Waals surface area (Å²) in [5.74, 6) is -0.0684. The van der Waals surface area contributed by atoms with E-state index < -0.39 is 9.84 Å². The number of fused-ring (bicyclic) bond motifs is 1. The van der Waals surface area contributed by atoms with Crippen LogP contribution in [0.25, 0.3) is 10.9 Å². The number of carbonyl (C=O) groups is 1. The maximum atomic E-state index is 12.6. The van der Waals surface area contributed by atoms with Crippen molar-refractivity contribution in [3.63, 3.8) is 0 Å². The molecule has 0 saturated carbocycles. The predicted octanol–water partition coefficient (Wildman–Crippen LogP) is 1.20. The van der Waals surface area contributed by atoms with Crippen molar-refractivity contribution >= 4 is 26.6 Å². The van der Waals surface area contributed by atoms with Gasteiger partial charge in [-0.1, -0.05) is 18.2 Å². The molecule has 1 aromatic carbocycles. The minimum absolute atomic E-state index is 0.0248. The molecule has 1 fully saturated rings. The summed E-state index contributed by atoms with van der Waals surface area (Å²) in [5, 5.41) is 3.83. The molecule has 3 rings (SSSR count). The summed E-state index contributed by atoms with van der Waals surface area (Å²) >= 11 is 0. The van der Waals surface area contributed by atoms with Gasteiger partial charge in [-0.05, 0) is 18.6 Å². The van der Waals surface area contributed by atoms with Crippen molar-refractivity contribution in [2.45, 2.75) is 19.0 Å². The fourth-order valence-electron chi connectivity index (χ4n) is 2.99. The number of nitrogens with zero attached hydrogens (tertiary/aromatic N) is 1. The molecule has 0 bridgehead atoms. The molecule has 0 spiro atoms. The van der Waals surface area contributed by atoms with Gasteiger partial charge in [0.15, 0.2) is 9.84 Å². The van der Waals surface area contributed by atoms with E-state index in [4.69, 9.17) is 4.74 Å². The lowest BCUT2D eigenvalue weighted by molar-refractivity contribution is 0.0929. The van der Waals surface area contributed by atoms with E-state index in [9.17, 15) is 13.2 Å². The van der Waals surface area contributed by atoms with Gasteiger partial charge in [-0.15, -0.1) is 0 Å². The molecule has 1 aliphatic rings. The monoisotopic (exact) mass is 336 g/mol. The highest BCUT2D eigenvalue weighted by Gasteiger charge is 2.29. The molecule has 1 saturated heterocycles. The third kappa shape index (κ3) is 3.40. The molecule has 1 aromatic heterocycles. The van der Waals surface area contributed by atoms with E-state index in [1.807, 2.05) is 34.9 Å². The number of benzene rings is 1. The Balaban J connectivity index is 1.87. The Bertz CT molecular complexity index is 826. The van der Waals surface area contributed by atoms with Crippen molar-refractivity contribution in [1.29, 1.82) is 0 Å². The standard InChI is InChI=1S/C16H20N2O4S/c1-22-8-7-18-14-5-3-2-4-12(14)10-15(18)16(19)17-13-6-9-23(20,21)11-13/h2-5,10,13H,6-9,11H2,1H3,(H,17,19)/t13-/m0/s1. The molecule has 1 atom stereocenters. The topological polar surface area (TPSA) is 77.4 Å². The molecule has 0 unspecified atom stereocenters. The number of sulfone groups is 1. The molecule has 1 aliphatic heterocycles. The number of para-hydroxylation sites is 1. The van der Waals surface area contributed by atoms with Crippen LogP contribution < -0.4 is 5.32 Å². The zero-order valence-corrected chi connectivity index (χ0v) is 13.8. The Morgan fingerprint density at radius 1 is 1.39 bits per heavy atom. The fourth-order valence-corrected chi connectivity index (χ4v) is 4.66. The van der Waals surface area contributed by atoms with E-state index in [0.717, 1.165) is 10.9 Å². The number of nitrogens with one attached hydrogen (secondary N) is 1. The van der Waals surface area contributed by atoms with Gasteiger partial charge in [0.05, 0.1) is 18.1 Å². The number of aromatic nitrogens is 1. The Kier molecular flexibility index (Phi) is 4.41. The highest BCUT2D eigenvalue weighted by Crippen LogP contribution is 2.20. The lowest BCUT2D eigenvalue weighted by Crippen LogP contribution is -2.36. The summed E-state index contributed by atoms with van der Waals surface area (Å²) in [6.45, 7) is 1.06. The van der Waals surface area contributed by atoms with Gasteiger partial charge in [0.1, 0.15) is 5.69 Å². The average Bonchev–Trinajstić information content (AvgIpc) is 3.05. The fraction of sp³-hybridized carbons (Fsp3) is 0.438. The van der Waals surface area contributed by atoms with Crippen LogP contribution in [0.1, 0.15) is 16.9 Å². The maximum Gasteiger partial charge on any atom is 0.268 e. The van der Waals surface area contributed by atoms with Crippen LogP contribution in [0.15, 0.2) is 30.3 Å². The number of ether oxygens (including phenoxy) is 1. The summed E-state index contributed by atoms with van der Waals surface area (Å²) in [6.07, 6.45) is 0.479. The molecule has 23 heavy (non-hydrogen) atoms. The molecule has 7 heteroatoms. The first-order chi connectivity index (χ1) is 11.0. The lowest BCUT2D eigenvalue weighted by atomic mass is 10.2. The summed E-state index contributed by atoms with van der Waals surface area (Å²) in [4.78, 5) is 12.6. The molecule has 0 radical (unpaired) electrons. The number of carbonyl (C=O) groups excluding carboxylic acids is 1. The van der Waals surface area contributed by atoms with Crippen molar-refractivity contribution in [1.82, 2.24) is 9.88 Å². The predicted molar refractivity (Wildman–Crippen MR) is 88.3 cm³/mol. The van der Waals surface area contributed by atoms with Gasteiger partial charge < -0.3 is 14.6 Å². The Labute approximate surface area is 135 Å². The van der Waals surface area contributed by atoms with Crippen LogP contribution in [0.3, 0.4) is 0 Å². The van der Waals surface area contributed by atoms with E-state index in [1.165, 1.54) is 0 Å². The Hall–Kier alpha value is -1.86. The third-order valence-electron chi connectivity index (χ3n) is 4.13. The zero-order valence-electron chi connectivity index (χ0n) is 13.0. The van der Waals surface area contributed by atoms with Crippen LogP contribution >= 0.6 is 0 Å². The minimum Gasteiger partial charge on any atom is -0.383 e. The molecule has 124 valence electrons. The Morgan fingerprint density at radius 2 is 2.17 bits per heavy atom. The molecule has 1 amide bonds. The van der Waals surface area contributed by atoms with Crippen molar-refractivity contribution in [2.24, 2.45) is 0 Å². The molecule has 0 aliphatic carbocycles. The number of hydrogen-bond acceptors (Lipinski definition) is 4. The first kappa shape index (κ1) is 16.0. The summed E-state index contributed by atoms with van der Waals surface area (Å²) < 4.78 is 30.1. The molecule has 1 N–H and O–H groups in total. The average molecular weight is 336 g/mol. The van der Waals surface area contributed by atoms with E-state index in [0.29, 0.717) is 25.3 Å². The van der Waals surface area contributed by atoms with Gasteiger partial charge in [-0.3, -0.25) is 4.79 Å². The second-order valence-corrected chi connectivity index (χ2v) is 8.03. The quantitative estimate of drug-likeness (QED) is 0.890. The molecular formula is C16H20N2O4S. The Morgan fingerprint density at radius 3 is 2.87 bits per heavy atom. The van der Waals surface area contributed by atoms with Crippen LogP contribution in [0, 0.1) is 0 Å². The highest BCUT2D eigenvalue weighted by atomic mass is 32.2. The van der Waals surface area contributed by atoms with Crippen LogP contribution in [0.4, 0.5) is 0 Å². The third-order valence-corrected chi connectivity index (χ3v) is 5.90. The van der Waals surface area contributed by atoms with Crippen LogP contribution in [-0.4, -0.2) is 50.2 Å². The zero-order chi connectivity index (χ0) is 16.4. The number of rotatable bonds is 5. The van der Waals surface area contributed by atoms with Crippen LogP contribution in [-0.2, 0) is 21.1 Å². The van der Waals surface area contributed by atoms with Gasteiger partial charge in [0.25, 0.3) is 5.91 Å². The molecule has 6 nitrogen and oxygen atoms in total. The van der Waals surface area contributed by atoms with E-state index in [2.05, 4.69) is 5.32 Å². The smallest absolute Gasteiger partial charge is 0.268 e. The largest absolute Gasteiger partial charge is 0.383 e. The molecular weight excluding hydrogens is 316 g/mol. The van der Waals surface area contributed by atoms with Crippen LogP contribution in [0.5, 0.6) is 0 Å². The van der Waals surface area contributed by atoms with Crippen molar-refractivity contribution < 1.29 is 17.9 Å². The minimum atomic E-state index is -3.01. The summed E-state index contributed by atoms with van der Waals surface area (Å²) in [6, 6.07) is 9.30. The van der Waals surface area contributed by atoms with Crippen LogP contribution in [0.2, 0.25) is 0 Å². The van der Waals surface area contributed by atoms with Gasteiger partial charge in [-0.2, -0.15) is 0 Å². The first-order valence-corrected chi connectivity index (χ1v) is 9.41. The second-order valence-electron chi connectivity index (χ2n) is 5.81. The maximum absolute atomic E-state index is 12.6. The van der Waals surface area contributed by atoms with Gasteiger partial charge in [0.2, 0.25) is 0 Å². The SMILES string of the molecule is COCCn1c(C(=O)N[C@H]2CCS(=O)(=O)C2)cc2ccccc21. The lowest BCUT2D eigenvalue weighted by Gasteiger charge is -2.13. The second kappa shape index (κ2) is 6.33. The van der Waals surface area contributed by atoms with Crippen molar-refractivity contribution in [3.05, 3.63) is 36.0 Å². The molecule has 2 aromatic rings. The van der Waals surface area contributed by atoms with Crippen molar-refractivity contribution in [2.75, 3.05) is 25.2 Å². The number of hydrogen-bond donors (Lipinski definition) is 1. The van der Waals surface area contributed by atoms with Crippen molar-refractivity contribution in [3.8, 4) is 0 Å². The van der Waals surface area contributed by atoms with Gasteiger partial charge >= 0.3 is 0 Å². The van der Waals surface area contributed by atoms with Gasteiger partial charge in [-0.25, -0.2) is 8.42 Å². The number of methoxy groups -OCH3 is 1. The van der Waals surface area contributed by atoms with E-state index in [1.54, 1.807) is 7.11 Å². The summed E-state index contributed by atoms with van der Waals surface area (Å²) in [7, 11) is -1.39. The van der Waals surface area contributed by atoms with Gasteiger partial charge in [0, 0.05) is 30.6 Å².